The van der Waals surface area contributed by atoms with Crippen LogP contribution in [-0.4, -0.2) is 17.0 Å². The van der Waals surface area contributed by atoms with E-state index in [0.717, 1.165) is 12.8 Å². The van der Waals surface area contributed by atoms with Gasteiger partial charge < -0.3 is 5.11 Å². The van der Waals surface area contributed by atoms with Crippen molar-refractivity contribution in [2.24, 2.45) is 11.8 Å². The zero-order valence-electron chi connectivity index (χ0n) is 12.2. The third-order valence-corrected chi connectivity index (χ3v) is 4.51. The van der Waals surface area contributed by atoms with Crippen molar-refractivity contribution in [2.75, 3.05) is 0 Å². The molecule has 18 heavy (non-hydrogen) atoms. The summed E-state index contributed by atoms with van der Waals surface area (Å²) in [4.78, 5) is 10.8. The zero-order valence-corrected chi connectivity index (χ0v) is 12.2. The zero-order chi connectivity index (χ0) is 13.4. The first-order chi connectivity index (χ1) is 8.61. The maximum Gasteiger partial charge on any atom is 0.132 e. The summed E-state index contributed by atoms with van der Waals surface area (Å²) in [6.07, 6.45) is 12.6. The standard InChI is InChI=1S/C8H16O.C8H14O/c2*1-7(9)8-5-3-2-4-6-8/h7-9H,2-6H2,1H3;8H,2-6H2,1H3. The molecule has 2 fully saturated rings. The Morgan fingerprint density at radius 1 is 0.944 bits per heavy atom. The molecule has 0 aromatic rings. The van der Waals surface area contributed by atoms with Gasteiger partial charge in [-0.2, -0.15) is 0 Å². The van der Waals surface area contributed by atoms with Crippen LogP contribution in [-0.2, 0) is 4.79 Å². The number of carbonyl (C=O) groups excluding carboxylic acids is 1. The molecule has 0 heterocycles. The topological polar surface area (TPSA) is 37.3 Å². The molecular weight excluding hydrogens is 224 g/mol. The summed E-state index contributed by atoms with van der Waals surface area (Å²) in [6.45, 7) is 3.63. The first-order valence-electron chi connectivity index (χ1n) is 7.79. The molecule has 0 aliphatic heterocycles. The van der Waals surface area contributed by atoms with Gasteiger partial charge in [-0.25, -0.2) is 0 Å². The Hall–Kier alpha value is -0.370. The second-order valence-corrected chi connectivity index (χ2v) is 6.08. The predicted octanol–water partition coefficient (Wildman–Crippen LogP) is 4.10. The highest BCUT2D eigenvalue weighted by atomic mass is 16.3. The Bertz CT molecular complexity index is 223. The van der Waals surface area contributed by atoms with Gasteiger partial charge in [0.2, 0.25) is 0 Å². The van der Waals surface area contributed by atoms with Crippen molar-refractivity contribution in [1.82, 2.24) is 0 Å². The van der Waals surface area contributed by atoms with Gasteiger partial charge in [0.1, 0.15) is 5.78 Å². The highest BCUT2D eigenvalue weighted by Gasteiger charge is 2.17. The summed E-state index contributed by atoms with van der Waals surface area (Å²) in [6, 6.07) is 0. The van der Waals surface area contributed by atoms with Crippen LogP contribution in [0, 0.1) is 11.8 Å². The average Bonchev–Trinajstić information content (AvgIpc) is 2.41. The first kappa shape index (κ1) is 15.7. The fourth-order valence-corrected chi connectivity index (χ4v) is 3.13. The lowest BCUT2D eigenvalue weighted by atomic mass is 9.86. The van der Waals surface area contributed by atoms with Crippen molar-refractivity contribution in [3.63, 3.8) is 0 Å². The van der Waals surface area contributed by atoms with Gasteiger partial charge in [0.15, 0.2) is 0 Å². The lowest BCUT2D eigenvalue weighted by molar-refractivity contribution is -0.121. The maximum atomic E-state index is 10.8. The normalized spacial score (nSPS) is 23.9. The van der Waals surface area contributed by atoms with Crippen LogP contribution >= 0.6 is 0 Å². The molecule has 0 spiro atoms. The van der Waals surface area contributed by atoms with Gasteiger partial charge in [0, 0.05) is 5.92 Å². The van der Waals surface area contributed by atoms with Crippen LogP contribution in [0.4, 0.5) is 0 Å². The molecule has 0 bridgehead atoms. The highest BCUT2D eigenvalue weighted by Crippen LogP contribution is 2.26. The number of aliphatic hydroxyl groups excluding tert-OH is 1. The summed E-state index contributed by atoms with van der Waals surface area (Å²) < 4.78 is 0. The molecule has 0 aromatic carbocycles. The van der Waals surface area contributed by atoms with E-state index in [2.05, 4.69) is 0 Å². The van der Waals surface area contributed by atoms with Gasteiger partial charge in [-0.3, -0.25) is 4.79 Å². The molecule has 106 valence electrons. The van der Waals surface area contributed by atoms with Crippen molar-refractivity contribution in [1.29, 1.82) is 0 Å². The van der Waals surface area contributed by atoms with E-state index in [-0.39, 0.29) is 6.10 Å². The van der Waals surface area contributed by atoms with Crippen LogP contribution in [0.25, 0.3) is 0 Å². The van der Waals surface area contributed by atoms with E-state index in [4.69, 9.17) is 0 Å². The molecule has 1 unspecified atom stereocenters. The third kappa shape index (κ3) is 5.99. The largest absolute Gasteiger partial charge is 0.393 e. The number of aliphatic hydroxyl groups is 1. The maximum absolute atomic E-state index is 10.8. The highest BCUT2D eigenvalue weighted by molar-refractivity contribution is 5.78. The minimum Gasteiger partial charge on any atom is -0.393 e. The molecule has 0 amide bonds. The second kappa shape index (κ2) is 8.68. The number of ketones is 1. The molecule has 0 aromatic heterocycles. The second-order valence-electron chi connectivity index (χ2n) is 6.08. The molecule has 2 rings (SSSR count). The van der Waals surface area contributed by atoms with Gasteiger partial charge >= 0.3 is 0 Å². The number of Topliss-reactive ketones (excluding diaryl/α,β-unsaturated/α-hetero) is 1. The summed E-state index contributed by atoms with van der Waals surface area (Å²) >= 11 is 0. The van der Waals surface area contributed by atoms with Crippen LogP contribution in [0.2, 0.25) is 0 Å². The summed E-state index contributed by atoms with van der Waals surface area (Å²) in [5.41, 5.74) is 0. The first-order valence-corrected chi connectivity index (χ1v) is 7.79. The third-order valence-electron chi connectivity index (χ3n) is 4.51. The molecule has 2 saturated carbocycles. The Balaban J connectivity index is 0.000000180. The fourth-order valence-electron chi connectivity index (χ4n) is 3.13. The van der Waals surface area contributed by atoms with Crippen molar-refractivity contribution in [3.8, 4) is 0 Å². The molecule has 2 heteroatoms. The summed E-state index contributed by atoms with van der Waals surface area (Å²) in [5, 5.41) is 9.18. The Labute approximate surface area is 112 Å². The minimum absolute atomic E-state index is 0.0645. The molecule has 2 aliphatic carbocycles. The summed E-state index contributed by atoms with van der Waals surface area (Å²) in [7, 11) is 0. The number of hydrogen-bond acceptors (Lipinski definition) is 2. The molecule has 1 atom stereocenters. The average molecular weight is 254 g/mol. The number of hydrogen-bond donors (Lipinski definition) is 1. The van der Waals surface area contributed by atoms with Crippen LogP contribution < -0.4 is 0 Å². The van der Waals surface area contributed by atoms with E-state index in [9.17, 15) is 9.90 Å². The fraction of sp³-hybridized carbons (Fsp3) is 0.938. The minimum atomic E-state index is -0.0645. The van der Waals surface area contributed by atoms with Crippen LogP contribution in [0.1, 0.15) is 78.1 Å². The van der Waals surface area contributed by atoms with Gasteiger partial charge in [-0.15, -0.1) is 0 Å². The quantitative estimate of drug-likeness (QED) is 0.805. The smallest absolute Gasteiger partial charge is 0.132 e. The SMILES string of the molecule is CC(=O)C1CCCCC1.CC(O)C1CCCCC1. The molecule has 2 aliphatic rings. The van der Waals surface area contributed by atoms with E-state index in [1.165, 1.54) is 51.4 Å². The van der Waals surface area contributed by atoms with Gasteiger partial charge in [0.25, 0.3) is 0 Å². The van der Waals surface area contributed by atoms with E-state index >= 15 is 0 Å². The Kier molecular flexibility index (Phi) is 7.57. The van der Waals surface area contributed by atoms with Crippen molar-refractivity contribution >= 4 is 5.78 Å². The van der Waals surface area contributed by atoms with Gasteiger partial charge in [-0.05, 0) is 45.4 Å². The van der Waals surface area contributed by atoms with Crippen molar-refractivity contribution in [3.05, 3.63) is 0 Å². The Morgan fingerprint density at radius 3 is 1.67 bits per heavy atom. The summed E-state index contributed by atoms with van der Waals surface area (Å²) in [5.74, 6) is 1.42. The lowest BCUT2D eigenvalue weighted by Crippen LogP contribution is -2.19. The van der Waals surface area contributed by atoms with Gasteiger partial charge in [0.05, 0.1) is 6.10 Å². The lowest BCUT2D eigenvalue weighted by Gasteiger charge is -2.23. The van der Waals surface area contributed by atoms with Crippen LogP contribution in [0.3, 0.4) is 0 Å². The molecule has 2 nitrogen and oxygen atoms in total. The van der Waals surface area contributed by atoms with Crippen LogP contribution in [0.15, 0.2) is 0 Å². The van der Waals surface area contributed by atoms with E-state index in [1.54, 1.807) is 6.92 Å². The monoisotopic (exact) mass is 254 g/mol. The van der Waals surface area contributed by atoms with E-state index < -0.39 is 0 Å². The van der Waals surface area contributed by atoms with Crippen LogP contribution in [0.5, 0.6) is 0 Å². The van der Waals surface area contributed by atoms with Crippen molar-refractivity contribution in [2.45, 2.75) is 84.2 Å². The molecule has 0 saturated heterocycles. The van der Waals surface area contributed by atoms with Crippen molar-refractivity contribution < 1.29 is 9.90 Å². The van der Waals surface area contributed by atoms with E-state index in [0.29, 0.717) is 17.6 Å². The molecule has 0 radical (unpaired) electrons. The van der Waals surface area contributed by atoms with Gasteiger partial charge in [-0.1, -0.05) is 38.5 Å². The molecular formula is C16H30O2. The molecule has 1 N–H and O–H groups in total. The van der Waals surface area contributed by atoms with E-state index in [1.807, 2.05) is 6.92 Å². The number of carbonyl (C=O) groups is 1. The number of rotatable bonds is 2. The predicted molar refractivity (Wildman–Crippen MR) is 75.5 cm³/mol. The Morgan fingerprint density at radius 2 is 1.39 bits per heavy atom.